The Kier molecular flexibility index (Phi) is 5.09. The van der Waals surface area contributed by atoms with Crippen molar-refractivity contribution in [3.63, 3.8) is 0 Å². The third-order valence-electron chi connectivity index (χ3n) is 4.14. The van der Waals surface area contributed by atoms with Gasteiger partial charge in [0, 0.05) is 34.4 Å². The molecule has 0 fully saturated rings. The number of hydrogen-bond acceptors (Lipinski definition) is 4. The van der Waals surface area contributed by atoms with E-state index < -0.39 is 11.8 Å². The van der Waals surface area contributed by atoms with Crippen LogP contribution in [0.2, 0.25) is 0 Å². The molecule has 3 rings (SSSR count). The van der Waals surface area contributed by atoms with Crippen LogP contribution in [0, 0.1) is 6.92 Å². The highest BCUT2D eigenvalue weighted by atomic mass is 32.1. The van der Waals surface area contributed by atoms with Crippen LogP contribution in [0.25, 0.3) is 10.1 Å². The monoisotopic (exact) mass is 353 g/mol. The number of benzene rings is 1. The van der Waals surface area contributed by atoms with E-state index in [0.717, 1.165) is 16.1 Å². The van der Waals surface area contributed by atoms with Crippen molar-refractivity contribution in [2.45, 2.75) is 19.9 Å². The first-order chi connectivity index (χ1) is 12.1. The predicted molar refractivity (Wildman–Crippen MR) is 99.1 cm³/mol. The van der Waals surface area contributed by atoms with E-state index in [1.165, 1.54) is 15.0 Å². The molecule has 2 heterocycles. The zero-order valence-corrected chi connectivity index (χ0v) is 14.8. The molecule has 5 nitrogen and oxygen atoms in total. The van der Waals surface area contributed by atoms with Gasteiger partial charge < -0.3 is 10.6 Å². The summed E-state index contributed by atoms with van der Waals surface area (Å²) in [5.74, 6) is -1.59. The van der Waals surface area contributed by atoms with Gasteiger partial charge in [-0.1, -0.05) is 24.3 Å². The van der Waals surface area contributed by atoms with Gasteiger partial charge in [0.15, 0.2) is 0 Å². The van der Waals surface area contributed by atoms with Crippen molar-refractivity contribution in [1.82, 2.24) is 9.88 Å². The first-order valence-electron chi connectivity index (χ1n) is 8.02. The van der Waals surface area contributed by atoms with Gasteiger partial charge in [-0.05, 0) is 36.1 Å². The van der Waals surface area contributed by atoms with Crippen LogP contribution in [0.1, 0.15) is 16.1 Å². The van der Waals surface area contributed by atoms with Gasteiger partial charge in [0.05, 0.1) is 6.54 Å². The van der Waals surface area contributed by atoms with Crippen molar-refractivity contribution in [2.24, 2.45) is 5.73 Å². The SMILES string of the molecule is Cc1c(CN(CCc2ccccn2)C(=O)C(N)=O)sc2ccccc12. The molecule has 0 saturated heterocycles. The van der Waals surface area contributed by atoms with Gasteiger partial charge >= 0.3 is 11.8 Å². The van der Waals surface area contributed by atoms with Gasteiger partial charge in [-0.3, -0.25) is 14.6 Å². The molecule has 0 bridgehead atoms. The molecule has 2 amide bonds. The number of hydrogen-bond donors (Lipinski definition) is 1. The van der Waals surface area contributed by atoms with E-state index in [0.29, 0.717) is 19.5 Å². The number of aromatic nitrogens is 1. The summed E-state index contributed by atoms with van der Waals surface area (Å²) >= 11 is 1.64. The Labute approximate surface area is 150 Å². The van der Waals surface area contributed by atoms with Crippen molar-refractivity contribution >= 4 is 33.2 Å². The van der Waals surface area contributed by atoms with Crippen molar-refractivity contribution in [3.05, 3.63) is 64.8 Å². The molecule has 25 heavy (non-hydrogen) atoms. The van der Waals surface area contributed by atoms with Gasteiger partial charge in [-0.2, -0.15) is 0 Å². The topological polar surface area (TPSA) is 76.3 Å². The number of aryl methyl sites for hydroxylation is 1. The second-order valence-corrected chi connectivity index (χ2v) is 6.95. The highest BCUT2D eigenvalue weighted by Crippen LogP contribution is 2.31. The lowest BCUT2D eigenvalue weighted by molar-refractivity contribution is -0.144. The van der Waals surface area contributed by atoms with Gasteiger partial charge in [0.25, 0.3) is 0 Å². The Morgan fingerprint density at radius 2 is 1.92 bits per heavy atom. The fourth-order valence-electron chi connectivity index (χ4n) is 2.75. The minimum absolute atomic E-state index is 0.375. The molecule has 2 N–H and O–H groups in total. The lowest BCUT2D eigenvalue weighted by atomic mass is 10.1. The second kappa shape index (κ2) is 7.44. The zero-order valence-electron chi connectivity index (χ0n) is 13.9. The molecule has 0 aliphatic carbocycles. The minimum Gasteiger partial charge on any atom is -0.361 e. The fourth-order valence-corrected chi connectivity index (χ4v) is 3.98. The Hall–Kier alpha value is -2.73. The van der Waals surface area contributed by atoms with Crippen LogP contribution >= 0.6 is 11.3 Å². The summed E-state index contributed by atoms with van der Waals surface area (Å²) in [5, 5.41) is 1.18. The molecule has 0 saturated carbocycles. The molecular formula is C19H19N3O2S. The van der Waals surface area contributed by atoms with Gasteiger partial charge in [0.2, 0.25) is 0 Å². The standard InChI is InChI=1S/C19H19N3O2S/c1-13-15-7-2-3-8-16(15)25-17(13)12-22(19(24)18(20)23)11-9-14-6-4-5-10-21-14/h2-8,10H,9,11-12H2,1H3,(H2,20,23). The van der Waals surface area contributed by atoms with Crippen molar-refractivity contribution < 1.29 is 9.59 Å². The van der Waals surface area contributed by atoms with Crippen LogP contribution in [0.3, 0.4) is 0 Å². The number of primary amides is 1. The molecule has 128 valence electrons. The summed E-state index contributed by atoms with van der Waals surface area (Å²) in [6.07, 6.45) is 2.29. The van der Waals surface area contributed by atoms with Crippen molar-refractivity contribution in [1.29, 1.82) is 0 Å². The molecule has 3 aromatic rings. The van der Waals surface area contributed by atoms with Crippen molar-refractivity contribution in [2.75, 3.05) is 6.54 Å². The highest BCUT2D eigenvalue weighted by Gasteiger charge is 2.21. The Morgan fingerprint density at radius 1 is 1.16 bits per heavy atom. The van der Waals surface area contributed by atoms with Crippen molar-refractivity contribution in [3.8, 4) is 0 Å². The third-order valence-corrected chi connectivity index (χ3v) is 5.40. The first-order valence-corrected chi connectivity index (χ1v) is 8.83. The van der Waals surface area contributed by atoms with Gasteiger partial charge in [-0.25, -0.2) is 0 Å². The molecule has 0 atom stereocenters. The zero-order chi connectivity index (χ0) is 17.8. The summed E-state index contributed by atoms with van der Waals surface area (Å²) in [6.45, 7) is 2.81. The highest BCUT2D eigenvalue weighted by molar-refractivity contribution is 7.19. The summed E-state index contributed by atoms with van der Waals surface area (Å²) in [6, 6.07) is 13.8. The number of carbonyl (C=O) groups is 2. The lowest BCUT2D eigenvalue weighted by Gasteiger charge is -2.20. The molecule has 6 heteroatoms. The maximum atomic E-state index is 12.2. The number of nitrogens with zero attached hydrogens (tertiary/aromatic N) is 2. The van der Waals surface area contributed by atoms with E-state index in [4.69, 9.17) is 5.73 Å². The summed E-state index contributed by atoms with van der Waals surface area (Å²) < 4.78 is 1.17. The minimum atomic E-state index is -0.931. The van der Waals surface area contributed by atoms with E-state index in [2.05, 4.69) is 17.1 Å². The fraction of sp³-hybridized carbons (Fsp3) is 0.211. The number of rotatable bonds is 5. The second-order valence-electron chi connectivity index (χ2n) is 5.81. The van der Waals surface area contributed by atoms with Crippen LogP contribution < -0.4 is 5.73 Å². The summed E-state index contributed by atoms with van der Waals surface area (Å²) in [7, 11) is 0. The predicted octanol–water partition coefficient (Wildman–Crippen LogP) is 2.66. The van der Waals surface area contributed by atoms with Crippen LogP contribution in [0.15, 0.2) is 48.7 Å². The number of pyridine rings is 1. The molecule has 0 aliphatic rings. The summed E-state index contributed by atoms with van der Waals surface area (Å²) in [5.41, 5.74) is 7.24. The molecule has 0 spiro atoms. The smallest absolute Gasteiger partial charge is 0.311 e. The van der Waals surface area contributed by atoms with Crippen LogP contribution in [0.4, 0.5) is 0 Å². The molecule has 0 aliphatic heterocycles. The third kappa shape index (κ3) is 3.85. The normalized spacial score (nSPS) is 10.8. The Balaban J connectivity index is 1.82. The molecule has 0 radical (unpaired) electrons. The van der Waals surface area contributed by atoms with E-state index >= 15 is 0 Å². The number of nitrogens with two attached hydrogens (primary N) is 1. The molecular weight excluding hydrogens is 334 g/mol. The Bertz CT molecular complexity index is 905. The average molecular weight is 353 g/mol. The summed E-state index contributed by atoms with van der Waals surface area (Å²) in [4.78, 5) is 30.5. The van der Waals surface area contributed by atoms with E-state index in [1.54, 1.807) is 17.5 Å². The van der Waals surface area contributed by atoms with Gasteiger partial charge in [-0.15, -0.1) is 11.3 Å². The number of thiophene rings is 1. The number of fused-ring (bicyclic) bond motifs is 1. The first kappa shape index (κ1) is 17.1. The lowest BCUT2D eigenvalue weighted by Crippen LogP contribution is -2.41. The Morgan fingerprint density at radius 3 is 2.60 bits per heavy atom. The van der Waals surface area contributed by atoms with Gasteiger partial charge in [0.1, 0.15) is 0 Å². The van der Waals surface area contributed by atoms with E-state index in [1.807, 2.05) is 37.3 Å². The quantitative estimate of drug-likeness (QED) is 0.717. The molecule has 0 unspecified atom stereocenters. The van der Waals surface area contributed by atoms with E-state index in [-0.39, 0.29) is 0 Å². The molecule has 1 aromatic carbocycles. The molecule has 2 aromatic heterocycles. The maximum Gasteiger partial charge on any atom is 0.311 e. The van der Waals surface area contributed by atoms with E-state index in [9.17, 15) is 9.59 Å². The average Bonchev–Trinajstić information content (AvgIpc) is 2.95. The van der Waals surface area contributed by atoms with Crippen LogP contribution in [0.5, 0.6) is 0 Å². The van der Waals surface area contributed by atoms with Crippen LogP contribution in [-0.4, -0.2) is 28.2 Å². The number of amides is 2. The maximum absolute atomic E-state index is 12.2. The van der Waals surface area contributed by atoms with Crippen LogP contribution in [-0.2, 0) is 22.6 Å². The largest absolute Gasteiger partial charge is 0.361 e. The number of carbonyl (C=O) groups excluding carboxylic acids is 2.